The van der Waals surface area contributed by atoms with E-state index in [1.54, 1.807) is 0 Å². The lowest BCUT2D eigenvalue weighted by Crippen LogP contribution is -2.42. The molecule has 2 amide bonds. The fourth-order valence-electron chi connectivity index (χ4n) is 4.38. The Morgan fingerprint density at radius 2 is 1.87 bits per heavy atom. The molecule has 5 heteroatoms. The smallest absolute Gasteiger partial charge is 0.317 e. The highest BCUT2D eigenvalue weighted by Gasteiger charge is 2.20. The van der Waals surface area contributed by atoms with E-state index in [1.165, 1.54) is 29.5 Å². The lowest BCUT2D eigenvalue weighted by atomic mass is 9.97. The van der Waals surface area contributed by atoms with Crippen LogP contribution in [0.5, 0.6) is 5.75 Å². The van der Waals surface area contributed by atoms with Crippen molar-refractivity contribution in [1.29, 1.82) is 0 Å². The second kappa shape index (κ2) is 9.52. The first kappa shape index (κ1) is 20.7. The third-order valence-corrected chi connectivity index (χ3v) is 6.36. The summed E-state index contributed by atoms with van der Waals surface area (Å²) in [5, 5.41) is 3.06. The van der Waals surface area contributed by atoms with Crippen LogP contribution in [0.1, 0.15) is 30.4 Å². The van der Waals surface area contributed by atoms with Gasteiger partial charge in [-0.15, -0.1) is 0 Å². The number of piperidine rings is 1. The van der Waals surface area contributed by atoms with Crippen LogP contribution in [0.3, 0.4) is 0 Å². The normalized spacial score (nSPS) is 17.1. The molecule has 0 aromatic heterocycles. The van der Waals surface area contributed by atoms with Gasteiger partial charge in [-0.25, -0.2) is 4.79 Å². The number of benzene rings is 2. The van der Waals surface area contributed by atoms with E-state index in [0.29, 0.717) is 12.5 Å². The summed E-state index contributed by atoms with van der Waals surface area (Å²) in [5.41, 5.74) is 4.81. The van der Waals surface area contributed by atoms with Crippen LogP contribution in [0.4, 0.5) is 4.79 Å². The maximum absolute atomic E-state index is 12.5. The number of carbonyl (C=O) groups excluding carboxylic acids is 1. The predicted molar refractivity (Wildman–Crippen MR) is 121 cm³/mol. The number of fused-ring (bicyclic) bond motifs is 1. The van der Waals surface area contributed by atoms with Gasteiger partial charge in [0.05, 0.1) is 6.61 Å². The van der Waals surface area contributed by atoms with E-state index < -0.39 is 0 Å². The largest absolute Gasteiger partial charge is 0.493 e. The first-order valence-corrected chi connectivity index (χ1v) is 11.1. The van der Waals surface area contributed by atoms with Gasteiger partial charge in [0.15, 0.2) is 0 Å². The van der Waals surface area contributed by atoms with Gasteiger partial charge in [-0.1, -0.05) is 30.3 Å². The molecule has 1 N–H and O–H groups in total. The number of nitrogens with one attached hydrogen (secondary N) is 1. The number of likely N-dealkylation sites (tertiary alicyclic amines) is 1. The van der Waals surface area contributed by atoms with Gasteiger partial charge in [0.2, 0.25) is 0 Å². The van der Waals surface area contributed by atoms with Crippen molar-refractivity contribution in [1.82, 2.24) is 15.1 Å². The molecule has 160 valence electrons. The summed E-state index contributed by atoms with van der Waals surface area (Å²) in [6, 6.07) is 14.9. The van der Waals surface area contributed by atoms with Crippen LogP contribution in [0.15, 0.2) is 42.5 Å². The Hall–Kier alpha value is -2.53. The molecular formula is C25H33N3O2. The van der Waals surface area contributed by atoms with Gasteiger partial charge < -0.3 is 19.9 Å². The zero-order chi connectivity index (χ0) is 20.9. The summed E-state index contributed by atoms with van der Waals surface area (Å²) >= 11 is 0. The lowest BCUT2D eigenvalue weighted by Gasteiger charge is -2.31. The Bertz CT molecular complexity index is 857. The molecule has 2 aromatic carbocycles. The Morgan fingerprint density at radius 1 is 1.13 bits per heavy atom. The number of urea groups is 1. The first-order valence-electron chi connectivity index (χ1n) is 11.1. The second-order valence-corrected chi connectivity index (χ2v) is 8.76. The van der Waals surface area contributed by atoms with E-state index in [4.69, 9.17) is 4.74 Å². The summed E-state index contributed by atoms with van der Waals surface area (Å²) in [4.78, 5) is 16.7. The molecule has 2 aliphatic rings. The van der Waals surface area contributed by atoms with Crippen molar-refractivity contribution < 1.29 is 9.53 Å². The fraction of sp³-hybridized carbons (Fsp3) is 0.480. The van der Waals surface area contributed by atoms with Gasteiger partial charge in [-0.2, -0.15) is 0 Å². The van der Waals surface area contributed by atoms with Crippen LogP contribution in [0, 0.1) is 5.92 Å². The molecule has 4 rings (SSSR count). The summed E-state index contributed by atoms with van der Waals surface area (Å²) in [5.74, 6) is 1.63. The van der Waals surface area contributed by atoms with Gasteiger partial charge in [-0.05, 0) is 86.1 Å². The molecule has 0 radical (unpaired) electrons. The van der Waals surface area contributed by atoms with Crippen molar-refractivity contribution in [3.63, 3.8) is 0 Å². The van der Waals surface area contributed by atoms with Gasteiger partial charge in [-0.3, -0.25) is 0 Å². The number of nitrogens with zero attached hydrogens (tertiary/aromatic N) is 2. The van der Waals surface area contributed by atoms with Crippen LogP contribution < -0.4 is 10.1 Å². The lowest BCUT2D eigenvalue weighted by molar-refractivity contribution is 0.170. The van der Waals surface area contributed by atoms with Gasteiger partial charge in [0.1, 0.15) is 5.75 Å². The Balaban J connectivity index is 1.29. The first-order chi connectivity index (χ1) is 14.6. The molecule has 0 aliphatic carbocycles. The van der Waals surface area contributed by atoms with Crippen LogP contribution in [-0.4, -0.2) is 56.2 Å². The average Bonchev–Trinajstić information content (AvgIpc) is 2.79. The molecule has 5 nitrogen and oxygen atoms in total. The van der Waals surface area contributed by atoms with Gasteiger partial charge in [0, 0.05) is 20.1 Å². The molecule has 2 aromatic rings. The third-order valence-electron chi connectivity index (χ3n) is 6.36. The molecule has 2 heterocycles. The van der Waals surface area contributed by atoms with Crippen molar-refractivity contribution >= 4 is 6.03 Å². The van der Waals surface area contributed by atoms with Crippen LogP contribution in [0.25, 0.3) is 11.1 Å². The predicted octanol–water partition coefficient (Wildman–Crippen LogP) is 4.16. The summed E-state index contributed by atoms with van der Waals surface area (Å²) in [7, 11) is 4.06. The van der Waals surface area contributed by atoms with E-state index >= 15 is 0 Å². The van der Waals surface area contributed by atoms with Crippen molar-refractivity contribution in [2.24, 2.45) is 5.92 Å². The molecular weight excluding hydrogens is 374 g/mol. The molecule has 0 saturated carbocycles. The average molecular weight is 408 g/mol. The zero-order valence-corrected chi connectivity index (χ0v) is 18.2. The van der Waals surface area contributed by atoms with Crippen molar-refractivity contribution in [2.75, 3.05) is 40.3 Å². The molecule has 0 spiro atoms. The standard InChI is InChI=1S/C25H33N3O2/c1-27-13-11-20(12-14-27)18-28(2)25(29)26-17-19-5-7-21(8-6-19)22-9-10-24-23(16-22)4-3-15-30-24/h5-10,16,20H,3-4,11-15,17-18H2,1-2H3,(H,26,29). The number of ether oxygens (including phenoxy) is 1. The molecule has 0 unspecified atom stereocenters. The topological polar surface area (TPSA) is 44.8 Å². The molecule has 0 bridgehead atoms. The number of carbonyl (C=O) groups is 1. The maximum Gasteiger partial charge on any atom is 0.317 e. The summed E-state index contributed by atoms with van der Waals surface area (Å²) in [6.07, 6.45) is 4.51. The molecule has 30 heavy (non-hydrogen) atoms. The second-order valence-electron chi connectivity index (χ2n) is 8.76. The van der Waals surface area contributed by atoms with Gasteiger partial charge >= 0.3 is 6.03 Å². The van der Waals surface area contributed by atoms with E-state index in [0.717, 1.165) is 50.4 Å². The minimum Gasteiger partial charge on any atom is -0.493 e. The number of hydrogen-bond acceptors (Lipinski definition) is 3. The van der Waals surface area contributed by atoms with Crippen LogP contribution in [0.2, 0.25) is 0 Å². The maximum atomic E-state index is 12.5. The van der Waals surface area contributed by atoms with E-state index in [2.05, 4.69) is 59.7 Å². The highest BCUT2D eigenvalue weighted by atomic mass is 16.5. The Morgan fingerprint density at radius 3 is 2.63 bits per heavy atom. The SMILES string of the molecule is CN1CCC(CN(C)C(=O)NCc2ccc(-c3ccc4c(c3)CCCO4)cc2)CC1. The number of rotatable bonds is 5. The highest BCUT2D eigenvalue weighted by Crippen LogP contribution is 2.30. The van der Waals surface area contributed by atoms with Gasteiger partial charge in [0.25, 0.3) is 0 Å². The number of aryl methyl sites for hydroxylation is 1. The summed E-state index contributed by atoms with van der Waals surface area (Å²) < 4.78 is 5.71. The van der Waals surface area contributed by atoms with Crippen LogP contribution in [-0.2, 0) is 13.0 Å². The van der Waals surface area contributed by atoms with E-state index in [1.807, 2.05) is 11.9 Å². The minimum atomic E-state index is 0.00712. The molecule has 1 saturated heterocycles. The minimum absolute atomic E-state index is 0.00712. The summed E-state index contributed by atoms with van der Waals surface area (Å²) in [6.45, 7) is 4.46. The fourth-order valence-corrected chi connectivity index (χ4v) is 4.38. The molecule has 2 aliphatic heterocycles. The number of amides is 2. The van der Waals surface area contributed by atoms with E-state index in [9.17, 15) is 4.79 Å². The monoisotopic (exact) mass is 407 g/mol. The third kappa shape index (κ3) is 5.14. The quantitative estimate of drug-likeness (QED) is 0.809. The Kier molecular flexibility index (Phi) is 6.58. The van der Waals surface area contributed by atoms with Crippen LogP contribution >= 0.6 is 0 Å². The van der Waals surface area contributed by atoms with E-state index in [-0.39, 0.29) is 6.03 Å². The number of hydrogen-bond donors (Lipinski definition) is 1. The Labute approximate surface area is 180 Å². The molecule has 0 atom stereocenters. The highest BCUT2D eigenvalue weighted by molar-refractivity contribution is 5.74. The van der Waals surface area contributed by atoms with Crippen molar-refractivity contribution in [3.8, 4) is 16.9 Å². The van der Waals surface area contributed by atoms with Crippen molar-refractivity contribution in [3.05, 3.63) is 53.6 Å². The zero-order valence-electron chi connectivity index (χ0n) is 18.2. The van der Waals surface area contributed by atoms with Crippen molar-refractivity contribution in [2.45, 2.75) is 32.2 Å². The molecule has 1 fully saturated rings.